The third kappa shape index (κ3) is 3.95. The third-order valence-corrected chi connectivity index (χ3v) is 5.50. The number of carbonyl (C=O) groups is 1. The molecule has 2 fully saturated rings. The number of hydrogen-bond donors (Lipinski definition) is 0. The zero-order valence-electron chi connectivity index (χ0n) is 16.0. The first-order chi connectivity index (χ1) is 13.2. The highest BCUT2D eigenvalue weighted by Gasteiger charge is 2.24. The van der Waals surface area contributed by atoms with Crippen LogP contribution in [0.3, 0.4) is 0 Å². The van der Waals surface area contributed by atoms with Crippen molar-refractivity contribution in [2.45, 2.75) is 19.8 Å². The lowest BCUT2D eigenvalue weighted by Gasteiger charge is -2.35. The molecular weight excluding hydrogens is 338 g/mol. The van der Waals surface area contributed by atoms with E-state index >= 15 is 0 Å². The molecule has 1 amide bonds. The zero-order valence-corrected chi connectivity index (χ0v) is 16.0. The second kappa shape index (κ2) is 8.05. The molecule has 0 spiro atoms. The number of nitrogens with zero attached hydrogens (tertiary/aromatic N) is 5. The van der Waals surface area contributed by atoms with E-state index in [0.717, 1.165) is 70.0 Å². The molecule has 4 rings (SSSR count). The monoisotopic (exact) mass is 365 g/mol. The van der Waals surface area contributed by atoms with E-state index in [1.54, 1.807) is 0 Å². The lowest BCUT2D eigenvalue weighted by Crippen LogP contribution is -2.46. The Labute approximate surface area is 160 Å². The summed E-state index contributed by atoms with van der Waals surface area (Å²) in [6.45, 7) is 8.83. The lowest BCUT2D eigenvalue weighted by atomic mass is 10.2. The molecule has 0 aliphatic carbocycles. The van der Waals surface area contributed by atoms with Gasteiger partial charge in [0.2, 0.25) is 0 Å². The van der Waals surface area contributed by atoms with Gasteiger partial charge in [0.1, 0.15) is 11.5 Å². The SMILES string of the molecule is CCN1CCN(c2cc(C(=O)N3CCCC3)nc(-c3ccccc3)n2)CC1. The first kappa shape index (κ1) is 17.9. The van der Waals surface area contributed by atoms with E-state index < -0.39 is 0 Å². The maximum Gasteiger partial charge on any atom is 0.272 e. The van der Waals surface area contributed by atoms with Crippen molar-refractivity contribution in [3.63, 3.8) is 0 Å². The minimum absolute atomic E-state index is 0.0283. The summed E-state index contributed by atoms with van der Waals surface area (Å²) in [5.74, 6) is 1.52. The summed E-state index contributed by atoms with van der Waals surface area (Å²) in [5, 5.41) is 0. The van der Waals surface area contributed by atoms with Crippen LogP contribution in [0.25, 0.3) is 11.4 Å². The van der Waals surface area contributed by atoms with Crippen LogP contribution in [-0.2, 0) is 0 Å². The fraction of sp³-hybridized carbons (Fsp3) is 0.476. The van der Waals surface area contributed by atoms with Crippen LogP contribution in [0.2, 0.25) is 0 Å². The molecule has 2 aliphatic heterocycles. The van der Waals surface area contributed by atoms with Crippen molar-refractivity contribution >= 4 is 11.7 Å². The predicted octanol–water partition coefficient (Wildman–Crippen LogP) is 2.52. The van der Waals surface area contributed by atoms with E-state index in [9.17, 15) is 4.79 Å². The van der Waals surface area contributed by atoms with Crippen molar-refractivity contribution in [3.05, 3.63) is 42.1 Å². The van der Waals surface area contributed by atoms with E-state index in [1.807, 2.05) is 41.3 Å². The largest absolute Gasteiger partial charge is 0.354 e. The van der Waals surface area contributed by atoms with Gasteiger partial charge in [-0.25, -0.2) is 9.97 Å². The van der Waals surface area contributed by atoms with Crippen LogP contribution in [0.15, 0.2) is 36.4 Å². The van der Waals surface area contributed by atoms with Crippen LogP contribution in [0.4, 0.5) is 5.82 Å². The Morgan fingerprint density at radius 2 is 1.67 bits per heavy atom. The molecule has 0 unspecified atom stereocenters. The molecule has 6 nitrogen and oxygen atoms in total. The Morgan fingerprint density at radius 1 is 0.963 bits per heavy atom. The van der Waals surface area contributed by atoms with Crippen LogP contribution in [0.5, 0.6) is 0 Å². The minimum Gasteiger partial charge on any atom is -0.354 e. The van der Waals surface area contributed by atoms with Gasteiger partial charge in [0.15, 0.2) is 5.82 Å². The van der Waals surface area contributed by atoms with E-state index in [1.165, 1.54) is 0 Å². The minimum atomic E-state index is 0.0283. The molecule has 0 bridgehead atoms. The predicted molar refractivity (Wildman–Crippen MR) is 107 cm³/mol. The van der Waals surface area contributed by atoms with Gasteiger partial charge in [-0.15, -0.1) is 0 Å². The van der Waals surface area contributed by atoms with Gasteiger partial charge in [0, 0.05) is 50.9 Å². The average Bonchev–Trinajstić information content (AvgIpc) is 3.28. The molecule has 1 aromatic carbocycles. The van der Waals surface area contributed by atoms with E-state index in [4.69, 9.17) is 4.98 Å². The maximum atomic E-state index is 13.0. The maximum absolute atomic E-state index is 13.0. The number of hydrogen-bond acceptors (Lipinski definition) is 5. The number of piperazine rings is 1. The highest BCUT2D eigenvalue weighted by atomic mass is 16.2. The fourth-order valence-corrected chi connectivity index (χ4v) is 3.80. The number of amides is 1. The molecule has 0 saturated carbocycles. The number of likely N-dealkylation sites (N-methyl/N-ethyl adjacent to an activating group) is 1. The Hall–Kier alpha value is -2.47. The highest BCUT2D eigenvalue weighted by Crippen LogP contribution is 2.23. The smallest absolute Gasteiger partial charge is 0.272 e. The number of rotatable bonds is 4. The summed E-state index contributed by atoms with van der Waals surface area (Å²) in [4.78, 5) is 29.0. The van der Waals surface area contributed by atoms with Crippen molar-refractivity contribution in [1.29, 1.82) is 0 Å². The second-order valence-corrected chi connectivity index (χ2v) is 7.22. The van der Waals surface area contributed by atoms with Gasteiger partial charge in [0.25, 0.3) is 5.91 Å². The first-order valence-electron chi connectivity index (χ1n) is 9.95. The number of carbonyl (C=O) groups excluding carboxylic acids is 1. The van der Waals surface area contributed by atoms with Crippen LogP contribution in [0.1, 0.15) is 30.3 Å². The summed E-state index contributed by atoms with van der Waals surface area (Å²) < 4.78 is 0. The first-order valence-corrected chi connectivity index (χ1v) is 9.95. The standard InChI is InChI=1S/C21H27N5O/c1-2-24-12-14-25(15-13-24)19-16-18(21(27)26-10-6-7-11-26)22-20(23-19)17-8-4-3-5-9-17/h3-5,8-9,16H,2,6-7,10-15H2,1H3. The second-order valence-electron chi connectivity index (χ2n) is 7.22. The molecule has 3 heterocycles. The Kier molecular flexibility index (Phi) is 5.34. The molecule has 0 atom stereocenters. The normalized spacial score (nSPS) is 18.1. The Balaban J connectivity index is 1.67. The van der Waals surface area contributed by atoms with Crippen molar-refractivity contribution in [2.75, 3.05) is 50.7 Å². The van der Waals surface area contributed by atoms with E-state index in [2.05, 4.69) is 21.7 Å². The topological polar surface area (TPSA) is 52.6 Å². The lowest BCUT2D eigenvalue weighted by molar-refractivity contribution is 0.0787. The van der Waals surface area contributed by atoms with Gasteiger partial charge >= 0.3 is 0 Å². The van der Waals surface area contributed by atoms with Crippen molar-refractivity contribution in [3.8, 4) is 11.4 Å². The van der Waals surface area contributed by atoms with Crippen LogP contribution < -0.4 is 4.90 Å². The number of anilines is 1. The molecular formula is C21H27N5O. The molecule has 6 heteroatoms. The molecule has 27 heavy (non-hydrogen) atoms. The average molecular weight is 365 g/mol. The van der Waals surface area contributed by atoms with Gasteiger partial charge in [-0.05, 0) is 19.4 Å². The van der Waals surface area contributed by atoms with Gasteiger partial charge in [-0.3, -0.25) is 4.79 Å². The Morgan fingerprint density at radius 3 is 2.33 bits per heavy atom. The molecule has 0 radical (unpaired) electrons. The third-order valence-electron chi connectivity index (χ3n) is 5.50. The van der Waals surface area contributed by atoms with Crippen LogP contribution in [0, 0.1) is 0 Å². The Bertz CT molecular complexity index is 780. The van der Waals surface area contributed by atoms with Gasteiger partial charge in [0.05, 0.1) is 0 Å². The number of likely N-dealkylation sites (tertiary alicyclic amines) is 1. The summed E-state index contributed by atoms with van der Waals surface area (Å²) in [7, 11) is 0. The molecule has 2 aromatic rings. The molecule has 1 aromatic heterocycles. The molecule has 142 valence electrons. The van der Waals surface area contributed by atoms with Crippen LogP contribution in [-0.4, -0.2) is 71.5 Å². The zero-order chi connectivity index (χ0) is 18.6. The van der Waals surface area contributed by atoms with Crippen molar-refractivity contribution in [2.24, 2.45) is 0 Å². The summed E-state index contributed by atoms with van der Waals surface area (Å²) in [6, 6.07) is 11.8. The quantitative estimate of drug-likeness (QED) is 0.833. The van der Waals surface area contributed by atoms with Gasteiger partial charge in [-0.2, -0.15) is 0 Å². The van der Waals surface area contributed by atoms with E-state index in [-0.39, 0.29) is 5.91 Å². The fourth-order valence-electron chi connectivity index (χ4n) is 3.80. The van der Waals surface area contributed by atoms with Gasteiger partial charge in [-0.1, -0.05) is 37.3 Å². The molecule has 2 saturated heterocycles. The number of aromatic nitrogens is 2. The van der Waals surface area contributed by atoms with E-state index in [0.29, 0.717) is 11.5 Å². The molecule has 0 N–H and O–H groups in total. The van der Waals surface area contributed by atoms with Crippen molar-refractivity contribution in [1.82, 2.24) is 19.8 Å². The summed E-state index contributed by atoms with van der Waals surface area (Å²) in [5.41, 5.74) is 1.46. The summed E-state index contributed by atoms with van der Waals surface area (Å²) >= 11 is 0. The highest BCUT2D eigenvalue weighted by molar-refractivity contribution is 5.93. The summed E-state index contributed by atoms with van der Waals surface area (Å²) in [6.07, 6.45) is 2.16. The number of benzene rings is 1. The molecule has 2 aliphatic rings. The van der Waals surface area contributed by atoms with Crippen molar-refractivity contribution < 1.29 is 4.79 Å². The van der Waals surface area contributed by atoms with Gasteiger partial charge < -0.3 is 14.7 Å². The van der Waals surface area contributed by atoms with Crippen LogP contribution >= 0.6 is 0 Å².